The van der Waals surface area contributed by atoms with Gasteiger partial charge in [-0.3, -0.25) is 4.79 Å². The number of nitrogens with one attached hydrogen (secondary N) is 3. The first-order valence-electron chi connectivity index (χ1n) is 10.5. The summed E-state index contributed by atoms with van der Waals surface area (Å²) in [4.78, 5) is 13.0. The Morgan fingerprint density at radius 3 is 2.38 bits per heavy atom. The Morgan fingerprint density at radius 1 is 0.938 bits per heavy atom. The van der Waals surface area contributed by atoms with Gasteiger partial charge in [-0.05, 0) is 41.3 Å². The summed E-state index contributed by atoms with van der Waals surface area (Å²) in [6.07, 6.45) is 0. The molecule has 0 aromatic heterocycles. The molecule has 4 rings (SSSR count). The second-order valence-corrected chi connectivity index (χ2v) is 7.88. The summed E-state index contributed by atoms with van der Waals surface area (Å²) in [5, 5.41) is 28.3. The van der Waals surface area contributed by atoms with Crippen LogP contribution in [0.5, 0.6) is 0 Å². The molecule has 0 spiro atoms. The molecular weight excluding hydrogens is 398 g/mol. The molecule has 1 aliphatic rings. The number of carbonyl (C=O) groups is 1. The van der Waals surface area contributed by atoms with E-state index in [1.807, 2.05) is 54.6 Å². The molecule has 3 atom stereocenters. The molecule has 1 heterocycles. The molecule has 0 aliphatic carbocycles. The van der Waals surface area contributed by atoms with Crippen molar-refractivity contribution in [3.8, 4) is 12.1 Å². The van der Waals surface area contributed by atoms with Gasteiger partial charge in [0.05, 0.1) is 34.6 Å². The number of rotatable bonds is 6. The van der Waals surface area contributed by atoms with Crippen LogP contribution in [0, 0.1) is 22.7 Å². The number of para-hydroxylation sites is 1. The van der Waals surface area contributed by atoms with Crippen molar-refractivity contribution in [2.75, 3.05) is 17.2 Å². The van der Waals surface area contributed by atoms with Gasteiger partial charge in [-0.25, -0.2) is 0 Å². The van der Waals surface area contributed by atoms with Gasteiger partial charge in [-0.1, -0.05) is 55.5 Å². The number of anilines is 2. The van der Waals surface area contributed by atoms with Crippen molar-refractivity contribution in [2.45, 2.75) is 24.9 Å². The fourth-order valence-corrected chi connectivity index (χ4v) is 3.97. The van der Waals surface area contributed by atoms with E-state index in [1.165, 1.54) is 0 Å². The average molecular weight is 422 g/mol. The van der Waals surface area contributed by atoms with Crippen LogP contribution in [0.3, 0.4) is 0 Å². The fraction of sp³-hybridized carbons (Fsp3) is 0.192. The van der Waals surface area contributed by atoms with Crippen molar-refractivity contribution >= 4 is 17.3 Å². The minimum Gasteiger partial charge on any atom is -0.369 e. The molecule has 0 fully saturated rings. The summed E-state index contributed by atoms with van der Waals surface area (Å²) in [7, 11) is 0. The van der Waals surface area contributed by atoms with Crippen LogP contribution in [0.15, 0.2) is 72.8 Å². The molecule has 0 saturated carbocycles. The van der Waals surface area contributed by atoms with E-state index in [9.17, 15) is 10.1 Å². The Kier molecular flexibility index (Phi) is 6.17. The Bertz CT molecular complexity index is 1190. The van der Waals surface area contributed by atoms with Crippen molar-refractivity contribution < 1.29 is 4.79 Å². The smallest absolute Gasteiger partial charge is 0.248 e. The zero-order chi connectivity index (χ0) is 22.5. The number of nitriles is 2. The lowest BCUT2D eigenvalue weighted by Gasteiger charge is -2.34. The molecule has 32 heavy (non-hydrogen) atoms. The molecule has 0 unspecified atom stereocenters. The maximum absolute atomic E-state index is 13.0. The zero-order valence-corrected chi connectivity index (χ0v) is 17.7. The first-order chi connectivity index (χ1) is 15.6. The van der Waals surface area contributed by atoms with Gasteiger partial charge in [0.15, 0.2) is 0 Å². The third kappa shape index (κ3) is 4.32. The van der Waals surface area contributed by atoms with E-state index in [-0.39, 0.29) is 17.9 Å². The molecule has 0 saturated heterocycles. The number of fused-ring (bicyclic) bond motifs is 1. The second-order valence-electron chi connectivity index (χ2n) is 7.88. The van der Waals surface area contributed by atoms with Crippen LogP contribution in [-0.4, -0.2) is 18.5 Å². The standard InChI is InChI=1S/C26H23N5O/c1-17(19-12-10-18(14-27)11-13-19)16-29-24(20-6-3-2-4-7-20)25-26(32)30-22-9-5-8-21(15-28)23(22)31-25/h2-13,17,24-25,29,31H,16H2,1H3,(H,30,32)/t17-,24+,25-/m0/s1. The summed E-state index contributed by atoms with van der Waals surface area (Å²) in [5.41, 5.74) is 4.47. The number of amides is 1. The fourth-order valence-electron chi connectivity index (χ4n) is 3.97. The first kappa shape index (κ1) is 21.1. The summed E-state index contributed by atoms with van der Waals surface area (Å²) in [6, 6.07) is 26.1. The monoisotopic (exact) mass is 421 g/mol. The lowest BCUT2D eigenvalue weighted by molar-refractivity contribution is -0.117. The number of carbonyl (C=O) groups excluding carboxylic acids is 1. The van der Waals surface area contributed by atoms with E-state index in [1.54, 1.807) is 18.2 Å². The van der Waals surface area contributed by atoms with Gasteiger partial charge in [0, 0.05) is 6.54 Å². The second kappa shape index (κ2) is 9.34. The quantitative estimate of drug-likeness (QED) is 0.551. The lowest BCUT2D eigenvalue weighted by Crippen LogP contribution is -2.48. The van der Waals surface area contributed by atoms with E-state index in [2.05, 4.69) is 35.0 Å². The van der Waals surface area contributed by atoms with Crippen molar-refractivity contribution in [1.82, 2.24) is 5.32 Å². The maximum Gasteiger partial charge on any atom is 0.248 e. The summed E-state index contributed by atoms with van der Waals surface area (Å²) < 4.78 is 0. The number of benzene rings is 3. The predicted octanol–water partition coefficient (Wildman–Crippen LogP) is 4.30. The van der Waals surface area contributed by atoms with E-state index in [0.29, 0.717) is 29.0 Å². The molecule has 6 heteroatoms. The summed E-state index contributed by atoms with van der Waals surface area (Å²) >= 11 is 0. The zero-order valence-electron chi connectivity index (χ0n) is 17.7. The van der Waals surface area contributed by atoms with Crippen molar-refractivity contribution in [3.63, 3.8) is 0 Å². The van der Waals surface area contributed by atoms with Gasteiger partial charge in [0.2, 0.25) is 5.91 Å². The van der Waals surface area contributed by atoms with Crippen LogP contribution >= 0.6 is 0 Å². The minimum atomic E-state index is -0.590. The van der Waals surface area contributed by atoms with E-state index < -0.39 is 6.04 Å². The highest BCUT2D eigenvalue weighted by Crippen LogP contribution is 2.33. The Hall–Kier alpha value is -4.13. The lowest BCUT2D eigenvalue weighted by atomic mass is 9.94. The third-order valence-electron chi connectivity index (χ3n) is 5.77. The molecule has 3 aromatic carbocycles. The summed E-state index contributed by atoms with van der Waals surface area (Å²) in [5.74, 6) is 0.0162. The van der Waals surface area contributed by atoms with Gasteiger partial charge in [-0.15, -0.1) is 0 Å². The maximum atomic E-state index is 13.0. The highest BCUT2D eigenvalue weighted by molar-refractivity contribution is 6.04. The molecule has 6 nitrogen and oxygen atoms in total. The normalized spacial score (nSPS) is 16.5. The predicted molar refractivity (Wildman–Crippen MR) is 124 cm³/mol. The Morgan fingerprint density at radius 2 is 1.69 bits per heavy atom. The van der Waals surface area contributed by atoms with Gasteiger partial charge in [0.25, 0.3) is 0 Å². The van der Waals surface area contributed by atoms with Crippen LogP contribution in [0.25, 0.3) is 0 Å². The number of hydrogen-bond acceptors (Lipinski definition) is 5. The van der Waals surface area contributed by atoms with Crippen molar-refractivity contribution in [1.29, 1.82) is 10.5 Å². The molecular formula is C26H23N5O. The molecule has 3 aromatic rings. The highest BCUT2D eigenvalue weighted by atomic mass is 16.2. The van der Waals surface area contributed by atoms with E-state index >= 15 is 0 Å². The highest BCUT2D eigenvalue weighted by Gasteiger charge is 2.34. The third-order valence-corrected chi connectivity index (χ3v) is 5.77. The molecule has 158 valence electrons. The van der Waals surface area contributed by atoms with Gasteiger partial charge < -0.3 is 16.0 Å². The first-order valence-corrected chi connectivity index (χ1v) is 10.5. The molecule has 1 amide bonds. The molecule has 0 radical (unpaired) electrons. The average Bonchev–Trinajstić information content (AvgIpc) is 2.84. The van der Waals surface area contributed by atoms with Crippen LogP contribution in [0.2, 0.25) is 0 Å². The van der Waals surface area contributed by atoms with Gasteiger partial charge in [0.1, 0.15) is 12.1 Å². The minimum absolute atomic E-state index is 0.153. The topological polar surface area (TPSA) is 101 Å². The van der Waals surface area contributed by atoms with E-state index in [4.69, 9.17) is 5.26 Å². The SMILES string of the molecule is C[C@@H](CN[C@H](c1ccccc1)[C@@H]1Nc2c(C#N)cccc2NC1=O)c1ccc(C#N)cc1. The largest absolute Gasteiger partial charge is 0.369 e. The molecule has 1 aliphatic heterocycles. The van der Waals surface area contributed by atoms with Crippen LogP contribution < -0.4 is 16.0 Å². The van der Waals surface area contributed by atoms with Crippen LogP contribution in [-0.2, 0) is 4.79 Å². The van der Waals surface area contributed by atoms with Gasteiger partial charge >= 0.3 is 0 Å². The summed E-state index contributed by atoms with van der Waals surface area (Å²) in [6.45, 7) is 2.73. The number of nitrogens with zero attached hydrogens (tertiary/aromatic N) is 2. The van der Waals surface area contributed by atoms with Crippen molar-refractivity contribution in [3.05, 3.63) is 95.1 Å². The van der Waals surface area contributed by atoms with Crippen LogP contribution in [0.1, 0.15) is 41.1 Å². The molecule has 3 N–H and O–H groups in total. The Labute approximate surface area is 187 Å². The van der Waals surface area contributed by atoms with E-state index in [0.717, 1.165) is 11.1 Å². The van der Waals surface area contributed by atoms with Crippen LogP contribution in [0.4, 0.5) is 11.4 Å². The Balaban J connectivity index is 1.59. The molecule has 0 bridgehead atoms. The van der Waals surface area contributed by atoms with Gasteiger partial charge in [-0.2, -0.15) is 10.5 Å². The van der Waals surface area contributed by atoms with Crippen molar-refractivity contribution in [2.24, 2.45) is 0 Å². The number of hydrogen-bond donors (Lipinski definition) is 3.